The van der Waals surface area contributed by atoms with Crippen molar-refractivity contribution in [1.82, 2.24) is 4.90 Å². The van der Waals surface area contributed by atoms with Crippen molar-refractivity contribution in [2.45, 2.75) is 25.0 Å². The molecule has 0 aromatic carbocycles. The number of urea groups is 1. The number of nitrogens with two attached hydrogens (primary N) is 1. The van der Waals surface area contributed by atoms with Crippen molar-refractivity contribution in [1.29, 1.82) is 0 Å². The van der Waals surface area contributed by atoms with Gasteiger partial charge in [0.1, 0.15) is 0 Å². The van der Waals surface area contributed by atoms with E-state index in [9.17, 15) is 4.79 Å². The molecule has 1 saturated heterocycles. The maximum Gasteiger partial charge on any atom is 0.314 e. The van der Waals surface area contributed by atoms with Gasteiger partial charge in [-0.1, -0.05) is 6.92 Å². The van der Waals surface area contributed by atoms with Crippen molar-refractivity contribution >= 4 is 17.8 Å². The van der Waals surface area contributed by atoms with Gasteiger partial charge in [0.05, 0.1) is 0 Å². The Morgan fingerprint density at radius 1 is 1.75 bits per heavy atom. The van der Waals surface area contributed by atoms with Crippen LogP contribution in [0.4, 0.5) is 4.79 Å². The highest BCUT2D eigenvalue weighted by Crippen LogP contribution is 2.21. The third-order valence-electron chi connectivity index (χ3n) is 2.09. The molecule has 1 aliphatic heterocycles. The summed E-state index contributed by atoms with van der Waals surface area (Å²) in [5.41, 5.74) is 5.20. The van der Waals surface area contributed by atoms with Crippen molar-refractivity contribution in [2.24, 2.45) is 5.73 Å². The monoisotopic (exact) mass is 188 g/mol. The second-order valence-corrected chi connectivity index (χ2v) is 4.58. The highest BCUT2D eigenvalue weighted by molar-refractivity contribution is 7.99. The molecule has 70 valence electrons. The number of thioether (sulfide) groups is 1. The van der Waals surface area contributed by atoms with Crippen molar-refractivity contribution in [3.05, 3.63) is 0 Å². The zero-order valence-electron chi connectivity index (χ0n) is 7.45. The Bertz CT molecular complexity index is 161. The van der Waals surface area contributed by atoms with Crippen LogP contribution in [0.2, 0.25) is 0 Å². The van der Waals surface area contributed by atoms with Gasteiger partial charge in [-0.15, -0.1) is 0 Å². The number of amides is 2. The molecule has 1 aliphatic rings. The molecule has 4 heteroatoms. The third-order valence-corrected chi connectivity index (χ3v) is 3.28. The molecule has 0 aliphatic carbocycles. The topological polar surface area (TPSA) is 46.3 Å². The largest absolute Gasteiger partial charge is 0.351 e. The number of likely N-dealkylation sites (tertiary alicyclic amines) is 1. The molecule has 0 aromatic heterocycles. The number of nitrogens with zero attached hydrogens (tertiary/aromatic N) is 1. The Morgan fingerprint density at radius 2 is 2.50 bits per heavy atom. The molecule has 3 nitrogen and oxygen atoms in total. The molecule has 1 unspecified atom stereocenters. The average molecular weight is 188 g/mol. The number of primary amides is 1. The lowest BCUT2D eigenvalue weighted by molar-refractivity contribution is 0.197. The van der Waals surface area contributed by atoms with E-state index in [1.54, 1.807) is 4.90 Å². The van der Waals surface area contributed by atoms with E-state index in [1.807, 2.05) is 11.8 Å². The summed E-state index contributed by atoms with van der Waals surface area (Å²) in [6, 6.07) is -0.267. The number of carbonyl (C=O) groups excluding carboxylic acids is 1. The molecule has 0 aromatic rings. The Morgan fingerprint density at radius 3 is 3.08 bits per heavy atom. The van der Waals surface area contributed by atoms with E-state index >= 15 is 0 Å². The van der Waals surface area contributed by atoms with Gasteiger partial charge in [0.2, 0.25) is 0 Å². The van der Waals surface area contributed by atoms with E-state index in [-0.39, 0.29) is 6.03 Å². The fourth-order valence-corrected chi connectivity index (χ4v) is 2.60. The predicted octanol–water partition coefficient (Wildman–Crippen LogP) is 1.28. The maximum absolute atomic E-state index is 10.8. The third kappa shape index (κ3) is 2.59. The summed E-state index contributed by atoms with van der Waals surface area (Å²) >= 11 is 1.92. The number of hydrogen-bond acceptors (Lipinski definition) is 2. The Kier molecular flexibility index (Phi) is 3.72. The van der Waals surface area contributed by atoms with Crippen molar-refractivity contribution in [3.8, 4) is 0 Å². The normalized spacial score (nSPS) is 24.1. The van der Waals surface area contributed by atoms with Gasteiger partial charge in [0.15, 0.2) is 0 Å². The second kappa shape index (κ2) is 4.60. The molecule has 1 atom stereocenters. The molecule has 1 fully saturated rings. The van der Waals surface area contributed by atoms with Crippen LogP contribution in [0.15, 0.2) is 0 Å². The molecule has 0 radical (unpaired) electrons. The number of piperidine rings is 1. The molecule has 2 N–H and O–H groups in total. The van der Waals surface area contributed by atoms with E-state index < -0.39 is 0 Å². The van der Waals surface area contributed by atoms with E-state index in [0.29, 0.717) is 5.25 Å². The van der Waals surface area contributed by atoms with Crippen molar-refractivity contribution in [3.63, 3.8) is 0 Å². The van der Waals surface area contributed by atoms with Gasteiger partial charge < -0.3 is 10.6 Å². The van der Waals surface area contributed by atoms with Crippen LogP contribution in [0.3, 0.4) is 0 Å². The lowest BCUT2D eigenvalue weighted by Gasteiger charge is -2.30. The first-order chi connectivity index (χ1) is 5.74. The number of hydrogen-bond donors (Lipinski definition) is 1. The molecule has 0 saturated carbocycles. The Hall–Kier alpha value is -0.380. The zero-order valence-corrected chi connectivity index (χ0v) is 8.27. The van der Waals surface area contributed by atoms with Crippen molar-refractivity contribution < 1.29 is 4.79 Å². The molecular formula is C8H16N2OS. The second-order valence-electron chi connectivity index (χ2n) is 3.00. The summed E-state index contributed by atoms with van der Waals surface area (Å²) in [5, 5.41) is 0.608. The summed E-state index contributed by atoms with van der Waals surface area (Å²) in [6.07, 6.45) is 2.32. The average Bonchev–Trinajstić information content (AvgIpc) is 2.05. The minimum atomic E-state index is -0.267. The first-order valence-corrected chi connectivity index (χ1v) is 5.45. The van der Waals surface area contributed by atoms with Crippen LogP contribution >= 0.6 is 11.8 Å². The highest BCUT2D eigenvalue weighted by atomic mass is 32.2. The van der Waals surface area contributed by atoms with E-state index in [0.717, 1.165) is 25.3 Å². The summed E-state index contributed by atoms with van der Waals surface area (Å²) in [7, 11) is 0. The summed E-state index contributed by atoms with van der Waals surface area (Å²) in [6.45, 7) is 3.83. The van der Waals surface area contributed by atoms with Crippen LogP contribution < -0.4 is 5.73 Å². The Balaban J connectivity index is 2.35. The number of rotatable bonds is 2. The molecule has 0 spiro atoms. The van der Waals surface area contributed by atoms with Gasteiger partial charge in [-0.05, 0) is 18.6 Å². The molecule has 12 heavy (non-hydrogen) atoms. The summed E-state index contributed by atoms with van der Waals surface area (Å²) in [4.78, 5) is 12.6. The van der Waals surface area contributed by atoms with Crippen LogP contribution in [0.25, 0.3) is 0 Å². The molecule has 1 heterocycles. The Labute approximate surface area is 77.7 Å². The quantitative estimate of drug-likeness (QED) is 0.709. The van der Waals surface area contributed by atoms with E-state index in [1.165, 1.54) is 6.42 Å². The fourth-order valence-electron chi connectivity index (χ4n) is 1.51. The molecule has 2 amide bonds. The lowest BCUT2D eigenvalue weighted by Crippen LogP contribution is -2.44. The van der Waals surface area contributed by atoms with Gasteiger partial charge in [-0.3, -0.25) is 0 Å². The van der Waals surface area contributed by atoms with Gasteiger partial charge in [-0.2, -0.15) is 11.8 Å². The molecular weight excluding hydrogens is 172 g/mol. The lowest BCUT2D eigenvalue weighted by atomic mass is 10.1. The fraction of sp³-hybridized carbons (Fsp3) is 0.875. The smallest absolute Gasteiger partial charge is 0.314 e. The number of carbonyl (C=O) groups is 1. The predicted molar refractivity (Wildman–Crippen MR) is 52.3 cm³/mol. The van der Waals surface area contributed by atoms with Gasteiger partial charge in [0.25, 0.3) is 0 Å². The summed E-state index contributed by atoms with van der Waals surface area (Å²) in [5.74, 6) is 1.12. The van der Waals surface area contributed by atoms with Crippen LogP contribution in [-0.2, 0) is 0 Å². The summed E-state index contributed by atoms with van der Waals surface area (Å²) < 4.78 is 0. The van der Waals surface area contributed by atoms with Crippen LogP contribution in [0.1, 0.15) is 19.8 Å². The van der Waals surface area contributed by atoms with Gasteiger partial charge >= 0.3 is 6.03 Å². The van der Waals surface area contributed by atoms with Crippen LogP contribution in [-0.4, -0.2) is 35.0 Å². The van der Waals surface area contributed by atoms with Gasteiger partial charge in [-0.25, -0.2) is 4.79 Å². The minimum Gasteiger partial charge on any atom is -0.351 e. The SMILES string of the molecule is CCSC1CCCN(C(N)=O)C1. The molecule has 0 bridgehead atoms. The van der Waals surface area contributed by atoms with E-state index in [4.69, 9.17) is 5.73 Å². The van der Waals surface area contributed by atoms with Crippen molar-refractivity contribution in [2.75, 3.05) is 18.8 Å². The van der Waals surface area contributed by atoms with Gasteiger partial charge in [0, 0.05) is 18.3 Å². The minimum absolute atomic E-state index is 0.267. The molecule has 1 rings (SSSR count). The van der Waals surface area contributed by atoms with Crippen LogP contribution in [0, 0.1) is 0 Å². The first kappa shape index (κ1) is 9.71. The standard InChI is InChI=1S/C8H16N2OS/c1-2-12-7-4-3-5-10(6-7)8(9)11/h7H,2-6H2,1H3,(H2,9,11). The van der Waals surface area contributed by atoms with Crippen LogP contribution in [0.5, 0.6) is 0 Å². The highest BCUT2D eigenvalue weighted by Gasteiger charge is 2.21. The maximum atomic E-state index is 10.8. The van der Waals surface area contributed by atoms with E-state index in [2.05, 4.69) is 6.92 Å². The zero-order chi connectivity index (χ0) is 8.97. The first-order valence-electron chi connectivity index (χ1n) is 4.40.